The summed E-state index contributed by atoms with van der Waals surface area (Å²) in [5, 5.41) is 25.5. The van der Waals surface area contributed by atoms with E-state index in [9.17, 15) is 33.1 Å². The van der Waals surface area contributed by atoms with Crippen LogP contribution in [-0.2, 0) is 11.2 Å². The highest BCUT2D eigenvalue weighted by molar-refractivity contribution is 5.99. The van der Waals surface area contributed by atoms with Gasteiger partial charge in [-0.3, -0.25) is 14.4 Å². The van der Waals surface area contributed by atoms with Gasteiger partial charge in [-0.15, -0.1) is 0 Å². The summed E-state index contributed by atoms with van der Waals surface area (Å²) in [5.74, 6) is -3.29. The van der Waals surface area contributed by atoms with Crippen LogP contribution < -0.4 is 10.6 Å². The predicted octanol–water partition coefficient (Wildman–Crippen LogP) is 4.61. The molecule has 0 unspecified atom stereocenters. The first-order chi connectivity index (χ1) is 21.5. The molecule has 0 aliphatic rings. The number of hydrogen-bond donors (Lipinski definition) is 4. The molecule has 0 saturated carbocycles. The summed E-state index contributed by atoms with van der Waals surface area (Å²) in [5.41, 5.74) is 0.708. The Balaban J connectivity index is 2.20. The number of carbonyl (C=O) groups is 4. The Kier molecular flexibility index (Phi) is 16.0. The number of nitrogens with zero attached hydrogens (tertiary/aromatic N) is 2. The van der Waals surface area contributed by atoms with Gasteiger partial charge in [0.15, 0.2) is 0 Å². The Morgan fingerprint density at radius 2 is 1.51 bits per heavy atom. The molecule has 0 bridgehead atoms. The van der Waals surface area contributed by atoms with Crippen molar-refractivity contribution < 1.29 is 38.2 Å². The lowest BCUT2D eigenvalue weighted by Gasteiger charge is -2.30. The maximum absolute atomic E-state index is 14.0. The van der Waals surface area contributed by atoms with Crippen molar-refractivity contribution in [1.29, 1.82) is 0 Å². The maximum atomic E-state index is 14.0. The van der Waals surface area contributed by atoms with Crippen LogP contribution in [0.1, 0.15) is 85.6 Å². The standard InChI is InChI=1S/C33H46F2N4O6/c1-4-15-39(16-5-2)32(44)25-12-10-11-24(20-25)31(43)37-28(19-23-17-26(34)21-27(35)18-23)29(40)22-38(6-3)33(45)36-14-9-7-8-13-30(41)42/h10-12,17-18,20-21,28-29,40H,4-9,13-16,19,22H2,1-3H3,(H,36,45)(H,37,43)(H,41,42)/t28-,29-/m0/s1. The Morgan fingerprint density at radius 1 is 0.867 bits per heavy atom. The summed E-state index contributed by atoms with van der Waals surface area (Å²) >= 11 is 0. The minimum Gasteiger partial charge on any atom is -0.481 e. The van der Waals surface area contributed by atoms with Crippen LogP contribution in [0, 0.1) is 11.6 Å². The largest absolute Gasteiger partial charge is 0.481 e. The summed E-state index contributed by atoms with van der Waals surface area (Å²) < 4.78 is 28.0. The van der Waals surface area contributed by atoms with Crippen molar-refractivity contribution in [3.63, 3.8) is 0 Å². The van der Waals surface area contributed by atoms with E-state index in [0.717, 1.165) is 31.0 Å². The van der Waals surface area contributed by atoms with Gasteiger partial charge in [0.25, 0.3) is 11.8 Å². The molecule has 0 saturated heterocycles. The van der Waals surface area contributed by atoms with Crippen LogP contribution in [0.3, 0.4) is 0 Å². The number of benzene rings is 2. The van der Waals surface area contributed by atoms with Crippen LogP contribution >= 0.6 is 0 Å². The van der Waals surface area contributed by atoms with Gasteiger partial charge in [0.2, 0.25) is 0 Å². The third kappa shape index (κ3) is 12.8. The molecular weight excluding hydrogens is 586 g/mol. The van der Waals surface area contributed by atoms with E-state index >= 15 is 0 Å². The number of hydrogen-bond acceptors (Lipinski definition) is 5. The Bertz CT molecular complexity index is 1250. The molecule has 248 valence electrons. The summed E-state index contributed by atoms with van der Waals surface area (Å²) in [6.45, 7) is 7.18. The lowest BCUT2D eigenvalue weighted by atomic mass is 9.99. The smallest absolute Gasteiger partial charge is 0.317 e. The average molecular weight is 633 g/mol. The quantitative estimate of drug-likeness (QED) is 0.167. The topological polar surface area (TPSA) is 139 Å². The van der Waals surface area contributed by atoms with E-state index in [0.29, 0.717) is 44.5 Å². The van der Waals surface area contributed by atoms with Gasteiger partial charge in [-0.2, -0.15) is 0 Å². The van der Waals surface area contributed by atoms with Crippen LogP contribution in [0.25, 0.3) is 0 Å². The number of unbranched alkanes of at least 4 members (excludes halogenated alkanes) is 2. The molecular formula is C33H46F2N4O6. The van der Waals surface area contributed by atoms with Crippen LogP contribution in [0.4, 0.5) is 13.6 Å². The second kappa shape index (κ2) is 19.4. The zero-order chi connectivity index (χ0) is 33.4. The highest BCUT2D eigenvalue weighted by Crippen LogP contribution is 2.15. The number of carbonyl (C=O) groups excluding carboxylic acids is 3. The van der Waals surface area contributed by atoms with Crippen LogP contribution in [0.15, 0.2) is 42.5 Å². The summed E-state index contributed by atoms with van der Waals surface area (Å²) in [6, 6.07) is 7.67. The van der Waals surface area contributed by atoms with E-state index < -0.39 is 41.7 Å². The third-order valence-electron chi connectivity index (χ3n) is 7.22. The highest BCUT2D eigenvalue weighted by atomic mass is 19.1. The lowest BCUT2D eigenvalue weighted by molar-refractivity contribution is -0.137. The molecule has 0 spiro atoms. The SMILES string of the molecule is CCCN(CCC)C(=O)c1cccc(C(=O)N[C@@H](Cc2cc(F)cc(F)c2)[C@@H](O)CN(CC)C(=O)NCCCCCC(=O)O)c1. The number of aliphatic carboxylic acids is 1. The van der Waals surface area contributed by atoms with Crippen molar-refractivity contribution in [1.82, 2.24) is 20.4 Å². The van der Waals surface area contributed by atoms with Gasteiger partial charge in [-0.1, -0.05) is 26.3 Å². The molecule has 0 fully saturated rings. The number of carboxylic acids is 1. The minimum atomic E-state index is -1.32. The third-order valence-corrected chi connectivity index (χ3v) is 7.22. The fourth-order valence-electron chi connectivity index (χ4n) is 4.94. The van der Waals surface area contributed by atoms with Gasteiger partial charge in [0.05, 0.1) is 18.7 Å². The fraction of sp³-hybridized carbons (Fsp3) is 0.515. The first kappa shape index (κ1) is 37.1. The molecule has 10 nitrogen and oxygen atoms in total. The van der Waals surface area contributed by atoms with E-state index in [1.807, 2.05) is 13.8 Å². The lowest BCUT2D eigenvalue weighted by Crippen LogP contribution is -2.52. The number of nitrogens with one attached hydrogen (secondary N) is 2. The molecule has 45 heavy (non-hydrogen) atoms. The number of halogens is 2. The molecule has 2 aromatic rings. The first-order valence-electron chi connectivity index (χ1n) is 15.6. The number of rotatable bonds is 19. The molecule has 2 rings (SSSR count). The van der Waals surface area contributed by atoms with Gasteiger partial charge in [0, 0.05) is 49.8 Å². The van der Waals surface area contributed by atoms with E-state index in [1.165, 1.54) is 17.0 Å². The summed E-state index contributed by atoms with van der Waals surface area (Å²) in [7, 11) is 0. The first-order valence-corrected chi connectivity index (χ1v) is 15.6. The van der Waals surface area contributed by atoms with Crippen LogP contribution in [-0.4, -0.2) is 88.7 Å². The number of urea groups is 1. The van der Waals surface area contributed by atoms with Gasteiger partial charge < -0.3 is 30.6 Å². The molecule has 4 amide bonds. The molecule has 12 heteroatoms. The van der Waals surface area contributed by atoms with Crippen molar-refractivity contribution in [2.45, 2.75) is 77.9 Å². The molecule has 0 radical (unpaired) electrons. The number of aliphatic hydroxyl groups excluding tert-OH is 1. The predicted molar refractivity (Wildman–Crippen MR) is 167 cm³/mol. The monoisotopic (exact) mass is 632 g/mol. The second-order valence-electron chi connectivity index (χ2n) is 11.0. The number of carboxylic acid groups (broad SMARTS) is 1. The molecule has 0 aromatic heterocycles. The maximum Gasteiger partial charge on any atom is 0.317 e. The van der Waals surface area contributed by atoms with Crippen LogP contribution in [0.2, 0.25) is 0 Å². The number of amides is 4. The second-order valence-corrected chi connectivity index (χ2v) is 11.0. The van der Waals surface area contributed by atoms with Crippen molar-refractivity contribution in [3.05, 3.63) is 70.8 Å². The van der Waals surface area contributed by atoms with Crippen LogP contribution in [0.5, 0.6) is 0 Å². The Labute approximate surface area is 263 Å². The zero-order valence-electron chi connectivity index (χ0n) is 26.4. The van der Waals surface area contributed by atoms with Crippen molar-refractivity contribution in [2.24, 2.45) is 0 Å². The van der Waals surface area contributed by atoms with Crippen molar-refractivity contribution >= 4 is 23.8 Å². The minimum absolute atomic E-state index is 0.0559. The normalized spacial score (nSPS) is 12.2. The molecule has 0 aliphatic carbocycles. The van der Waals surface area contributed by atoms with Gasteiger partial charge in [0.1, 0.15) is 11.6 Å². The molecule has 2 aromatic carbocycles. The number of aliphatic hydroxyl groups is 1. The summed E-state index contributed by atoms with van der Waals surface area (Å²) in [6.07, 6.45) is 1.87. The zero-order valence-corrected chi connectivity index (χ0v) is 26.4. The highest BCUT2D eigenvalue weighted by Gasteiger charge is 2.27. The summed E-state index contributed by atoms with van der Waals surface area (Å²) in [4.78, 5) is 53.1. The molecule has 4 N–H and O–H groups in total. The van der Waals surface area contributed by atoms with E-state index in [1.54, 1.807) is 24.0 Å². The molecule has 2 atom stereocenters. The Hall–Kier alpha value is -4.06. The van der Waals surface area contributed by atoms with E-state index in [-0.39, 0.29) is 43.0 Å². The van der Waals surface area contributed by atoms with E-state index in [4.69, 9.17) is 5.11 Å². The van der Waals surface area contributed by atoms with E-state index in [2.05, 4.69) is 10.6 Å². The number of likely N-dealkylation sites (N-methyl/N-ethyl adjacent to an activating group) is 1. The van der Waals surface area contributed by atoms with Crippen molar-refractivity contribution in [3.8, 4) is 0 Å². The van der Waals surface area contributed by atoms with Gasteiger partial charge >= 0.3 is 12.0 Å². The molecule has 0 aliphatic heterocycles. The van der Waals surface area contributed by atoms with Gasteiger partial charge in [-0.05, 0) is 74.9 Å². The van der Waals surface area contributed by atoms with Crippen molar-refractivity contribution in [2.75, 3.05) is 32.7 Å². The average Bonchev–Trinajstić information content (AvgIpc) is 2.99. The molecule has 0 heterocycles. The Morgan fingerprint density at radius 3 is 2.11 bits per heavy atom. The fourth-order valence-corrected chi connectivity index (χ4v) is 4.94. The van der Waals surface area contributed by atoms with Gasteiger partial charge in [-0.25, -0.2) is 13.6 Å².